The summed E-state index contributed by atoms with van der Waals surface area (Å²) >= 11 is 4.78. The van der Waals surface area contributed by atoms with Crippen LogP contribution >= 0.6 is 27.9 Å². The minimum Gasteiger partial charge on any atom is -0.213 e. The van der Waals surface area contributed by atoms with E-state index in [0.717, 1.165) is 10.4 Å². The van der Waals surface area contributed by atoms with E-state index in [4.69, 9.17) is 0 Å². The zero-order chi connectivity index (χ0) is 4.41. The van der Waals surface area contributed by atoms with Crippen LogP contribution in [0.25, 0.3) is 0 Å². The highest BCUT2D eigenvalue weighted by Crippen LogP contribution is 2.16. The van der Waals surface area contributed by atoms with E-state index in [-0.39, 0.29) is 0 Å². The normalized spacial score (nSPS) is 21.2. The lowest BCUT2D eigenvalue weighted by Gasteiger charge is -1.70. The fourth-order valence-electron chi connectivity index (χ4n) is 0.242. The largest absolute Gasteiger partial charge is 0.213 e. The summed E-state index contributed by atoms with van der Waals surface area (Å²) in [5, 5.41) is 0. The molecular weight excluding hydrogens is 162 g/mol. The molecule has 0 amide bonds. The molecule has 6 heavy (non-hydrogen) atoms. The van der Waals surface area contributed by atoms with Gasteiger partial charge in [-0.05, 0) is 27.9 Å². The number of hydrogen-bond donors (Lipinski definition) is 0. The number of halogens is 1. The van der Waals surface area contributed by atoms with Crippen molar-refractivity contribution in [2.24, 2.45) is 4.40 Å². The standard InChI is InChI=1S/C3H3BrNS/c4-3-1-2-6-5-3/h1H,2H2. The first-order valence-electron chi connectivity index (χ1n) is 1.58. The summed E-state index contributed by atoms with van der Waals surface area (Å²) in [7, 11) is 0. The van der Waals surface area contributed by atoms with Gasteiger partial charge in [0.2, 0.25) is 0 Å². The van der Waals surface area contributed by atoms with E-state index in [1.807, 2.05) is 6.42 Å². The summed E-state index contributed by atoms with van der Waals surface area (Å²) in [5.41, 5.74) is 0. The van der Waals surface area contributed by atoms with Gasteiger partial charge >= 0.3 is 0 Å². The molecule has 1 aliphatic rings. The van der Waals surface area contributed by atoms with Crippen LogP contribution < -0.4 is 0 Å². The molecule has 33 valence electrons. The van der Waals surface area contributed by atoms with Crippen LogP contribution in [0.5, 0.6) is 0 Å². The second-order valence-electron chi connectivity index (χ2n) is 0.914. The minimum atomic E-state index is 0.979. The Kier molecular flexibility index (Phi) is 1.54. The maximum absolute atomic E-state index is 3.93. The lowest BCUT2D eigenvalue weighted by Crippen LogP contribution is -1.77. The highest BCUT2D eigenvalue weighted by molar-refractivity contribution is 9.18. The summed E-state index contributed by atoms with van der Waals surface area (Å²) in [6, 6.07) is 0. The van der Waals surface area contributed by atoms with Crippen molar-refractivity contribution in [2.75, 3.05) is 5.75 Å². The smallest absolute Gasteiger partial charge is 0.0959 e. The van der Waals surface area contributed by atoms with E-state index < -0.39 is 0 Å². The van der Waals surface area contributed by atoms with Crippen molar-refractivity contribution in [1.29, 1.82) is 0 Å². The van der Waals surface area contributed by atoms with Crippen molar-refractivity contribution in [1.82, 2.24) is 0 Å². The number of rotatable bonds is 0. The molecule has 1 rings (SSSR count). The van der Waals surface area contributed by atoms with Gasteiger partial charge in [-0.15, -0.1) is 0 Å². The highest BCUT2D eigenvalue weighted by atomic mass is 79.9. The molecule has 0 N–H and O–H groups in total. The zero-order valence-corrected chi connectivity index (χ0v) is 5.42. The third-order valence-electron chi connectivity index (χ3n) is 0.478. The second-order valence-corrected chi connectivity index (χ2v) is 2.50. The minimum absolute atomic E-state index is 0.979. The molecule has 0 aliphatic carbocycles. The van der Waals surface area contributed by atoms with E-state index in [1.54, 1.807) is 11.9 Å². The van der Waals surface area contributed by atoms with Crippen molar-refractivity contribution >= 4 is 32.5 Å². The Bertz CT molecular complexity index is 80.9. The topological polar surface area (TPSA) is 12.4 Å². The molecule has 0 atom stereocenters. The van der Waals surface area contributed by atoms with Crippen molar-refractivity contribution in [3.05, 3.63) is 6.42 Å². The number of hydrogen-bond acceptors (Lipinski definition) is 2. The van der Waals surface area contributed by atoms with Crippen LogP contribution in [0.2, 0.25) is 0 Å². The molecule has 0 saturated heterocycles. The quantitative estimate of drug-likeness (QED) is 0.497. The van der Waals surface area contributed by atoms with E-state index in [1.165, 1.54) is 0 Å². The predicted octanol–water partition coefficient (Wildman–Crippen LogP) is 1.65. The number of nitrogens with zero attached hydrogens (tertiary/aromatic N) is 1. The molecule has 1 heterocycles. The first-order valence-corrected chi connectivity index (χ1v) is 3.32. The van der Waals surface area contributed by atoms with Gasteiger partial charge in [0.1, 0.15) is 0 Å². The van der Waals surface area contributed by atoms with Crippen LogP contribution in [0, 0.1) is 6.42 Å². The first kappa shape index (κ1) is 4.65. The molecule has 0 saturated carbocycles. The molecule has 1 radical (unpaired) electrons. The van der Waals surface area contributed by atoms with Crippen LogP contribution in [0.1, 0.15) is 0 Å². The molecule has 0 unspecified atom stereocenters. The average molecular weight is 165 g/mol. The zero-order valence-electron chi connectivity index (χ0n) is 3.02. The van der Waals surface area contributed by atoms with Crippen LogP contribution in [0.4, 0.5) is 0 Å². The van der Waals surface area contributed by atoms with E-state index in [0.29, 0.717) is 0 Å². The Balaban J connectivity index is 2.45. The van der Waals surface area contributed by atoms with Crippen LogP contribution in [-0.4, -0.2) is 10.4 Å². The molecular formula is C3H3BrNS. The molecule has 1 aliphatic heterocycles. The van der Waals surface area contributed by atoms with Crippen LogP contribution in [0.3, 0.4) is 0 Å². The van der Waals surface area contributed by atoms with Crippen LogP contribution in [0.15, 0.2) is 4.40 Å². The van der Waals surface area contributed by atoms with Gasteiger partial charge in [-0.1, -0.05) is 0 Å². The summed E-state index contributed by atoms with van der Waals surface area (Å²) in [5.74, 6) is 1.03. The molecule has 0 fully saturated rings. The van der Waals surface area contributed by atoms with Gasteiger partial charge in [-0.25, -0.2) is 4.40 Å². The SMILES string of the molecule is BrC1=NSC[CH]1. The van der Waals surface area contributed by atoms with Gasteiger partial charge in [0, 0.05) is 12.2 Å². The molecule has 1 nitrogen and oxygen atoms in total. The van der Waals surface area contributed by atoms with Crippen LogP contribution in [-0.2, 0) is 0 Å². The van der Waals surface area contributed by atoms with E-state index in [9.17, 15) is 0 Å². The Morgan fingerprint density at radius 2 is 2.83 bits per heavy atom. The monoisotopic (exact) mass is 164 g/mol. The van der Waals surface area contributed by atoms with E-state index >= 15 is 0 Å². The van der Waals surface area contributed by atoms with Gasteiger partial charge in [-0.2, -0.15) is 0 Å². The fourth-order valence-corrected chi connectivity index (χ4v) is 1.43. The summed E-state index contributed by atoms with van der Waals surface area (Å²) < 4.78 is 4.91. The molecule has 0 bridgehead atoms. The van der Waals surface area contributed by atoms with Gasteiger partial charge < -0.3 is 0 Å². The summed E-state index contributed by atoms with van der Waals surface area (Å²) in [6.07, 6.45) is 2.03. The average Bonchev–Trinajstić information content (AvgIpc) is 1.86. The highest BCUT2D eigenvalue weighted by Gasteiger charge is 2.00. The lowest BCUT2D eigenvalue weighted by atomic mass is 10.5. The molecule has 3 heteroatoms. The van der Waals surface area contributed by atoms with Gasteiger partial charge in [0.15, 0.2) is 0 Å². The molecule has 0 spiro atoms. The molecule has 0 aromatic carbocycles. The van der Waals surface area contributed by atoms with Crippen molar-refractivity contribution in [2.45, 2.75) is 0 Å². The first-order chi connectivity index (χ1) is 2.89. The van der Waals surface area contributed by atoms with Crippen molar-refractivity contribution in [3.63, 3.8) is 0 Å². The van der Waals surface area contributed by atoms with Gasteiger partial charge in [-0.3, -0.25) is 0 Å². The van der Waals surface area contributed by atoms with Gasteiger partial charge in [0.05, 0.1) is 4.62 Å². The second kappa shape index (κ2) is 1.98. The summed E-state index contributed by atoms with van der Waals surface area (Å²) in [4.78, 5) is 0. The predicted molar refractivity (Wildman–Crippen MR) is 33.1 cm³/mol. The van der Waals surface area contributed by atoms with E-state index in [2.05, 4.69) is 20.3 Å². The Morgan fingerprint density at radius 3 is 3.00 bits per heavy atom. The Labute approximate surface area is 49.5 Å². The lowest BCUT2D eigenvalue weighted by molar-refractivity contribution is 1.74. The maximum Gasteiger partial charge on any atom is 0.0959 e. The third kappa shape index (κ3) is 0.980. The third-order valence-corrected chi connectivity index (χ3v) is 1.86. The Hall–Kier alpha value is 0.500. The van der Waals surface area contributed by atoms with Crippen molar-refractivity contribution in [3.8, 4) is 0 Å². The Morgan fingerprint density at radius 1 is 2.00 bits per heavy atom. The molecule has 0 aromatic heterocycles. The molecule has 0 aromatic rings. The summed E-state index contributed by atoms with van der Waals surface area (Å²) in [6.45, 7) is 0. The maximum atomic E-state index is 3.93. The van der Waals surface area contributed by atoms with Gasteiger partial charge in [0.25, 0.3) is 0 Å². The van der Waals surface area contributed by atoms with Crippen molar-refractivity contribution < 1.29 is 0 Å². The fraction of sp³-hybridized carbons (Fsp3) is 0.333.